The Morgan fingerprint density at radius 2 is 1.93 bits per heavy atom. The molecule has 29 heavy (non-hydrogen) atoms. The molecule has 7 nitrogen and oxygen atoms in total. The number of carboxylic acid groups (broad SMARTS) is 1. The Kier molecular flexibility index (Phi) is 5.71. The number of alkyl halides is 3. The summed E-state index contributed by atoms with van der Waals surface area (Å²) in [5.74, 6) is -1.10. The number of anilines is 2. The fourth-order valence-electron chi connectivity index (χ4n) is 2.64. The van der Waals surface area contributed by atoms with E-state index in [1.807, 2.05) is 13.0 Å². The van der Waals surface area contributed by atoms with Crippen LogP contribution in [0.4, 0.5) is 24.8 Å². The van der Waals surface area contributed by atoms with Crippen LogP contribution < -0.4 is 5.32 Å². The molecule has 3 rings (SSSR count). The van der Waals surface area contributed by atoms with E-state index in [9.17, 15) is 18.0 Å². The summed E-state index contributed by atoms with van der Waals surface area (Å²) >= 11 is 0. The Morgan fingerprint density at radius 1 is 1.14 bits per heavy atom. The van der Waals surface area contributed by atoms with E-state index in [-0.39, 0.29) is 18.8 Å². The van der Waals surface area contributed by atoms with Crippen LogP contribution >= 0.6 is 0 Å². The van der Waals surface area contributed by atoms with Crippen LogP contribution in [0.25, 0.3) is 11.3 Å². The number of nitrogens with one attached hydrogen (secondary N) is 1. The van der Waals surface area contributed by atoms with Crippen molar-refractivity contribution in [1.29, 1.82) is 0 Å². The van der Waals surface area contributed by atoms with Crippen LogP contribution in [0.1, 0.15) is 23.4 Å². The maximum absolute atomic E-state index is 12.8. The molecule has 10 heteroatoms. The van der Waals surface area contributed by atoms with Crippen LogP contribution in [0.3, 0.4) is 0 Å². The highest BCUT2D eigenvalue weighted by Gasteiger charge is 2.32. The van der Waals surface area contributed by atoms with E-state index in [1.54, 1.807) is 18.2 Å². The number of aliphatic carboxylic acids is 1. The highest BCUT2D eigenvalue weighted by Crippen LogP contribution is 2.29. The molecule has 1 aromatic carbocycles. The van der Waals surface area contributed by atoms with E-state index in [0.717, 1.165) is 17.8 Å². The summed E-state index contributed by atoms with van der Waals surface area (Å²) in [6.45, 7) is 1.83. The Hall–Kier alpha value is -3.56. The van der Waals surface area contributed by atoms with Crippen molar-refractivity contribution in [3.8, 4) is 11.3 Å². The standard InChI is InChI=1S/C19H16F3N5O2/c1-11-6-12(15-9-13(24-10-25-15)2-3-17(28)29)8-14(7-11)26-18-23-5-4-16(27-18)19(20,21)22/h4-10H,2-3H2,1H3,(H,28,29)(H,23,26,27). The van der Waals surface area contributed by atoms with Gasteiger partial charge in [-0.05, 0) is 42.8 Å². The fraction of sp³-hybridized carbons (Fsp3) is 0.211. The second kappa shape index (κ2) is 8.21. The van der Waals surface area contributed by atoms with Crippen LogP contribution in [0.2, 0.25) is 0 Å². The number of carbonyl (C=O) groups is 1. The molecule has 0 aliphatic carbocycles. The predicted molar refractivity (Wildman–Crippen MR) is 98.5 cm³/mol. The van der Waals surface area contributed by atoms with Gasteiger partial charge in [0, 0.05) is 29.6 Å². The van der Waals surface area contributed by atoms with Crippen molar-refractivity contribution in [3.05, 3.63) is 59.8 Å². The fourth-order valence-corrected chi connectivity index (χ4v) is 2.64. The zero-order chi connectivity index (χ0) is 21.0. The van der Waals surface area contributed by atoms with E-state index in [4.69, 9.17) is 5.11 Å². The maximum Gasteiger partial charge on any atom is 0.433 e. The van der Waals surface area contributed by atoms with E-state index in [2.05, 4.69) is 25.3 Å². The first-order valence-electron chi connectivity index (χ1n) is 8.53. The molecule has 0 unspecified atom stereocenters. The summed E-state index contributed by atoms with van der Waals surface area (Å²) < 4.78 is 38.5. The molecule has 2 aromatic heterocycles. The molecule has 0 saturated carbocycles. The number of halogens is 3. The monoisotopic (exact) mass is 403 g/mol. The van der Waals surface area contributed by atoms with Gasteiger partial charge in [0.2, 0.25) is 5.95 Å². The zero-order valence-corrected chi connectivity index (χ0v) is 15.2. The van der Waals surface area contributed by atoms with Gasteiger partial charge >= 0.3 is 12.1 Å². The number of benzene rings is 1. The number of aromatic nitrogens is 4. The normalized spacial score (nSPS) is 11.3. The van der Waals surface area contributed by atoms with Gasteiger partial charge in [0.1, 0.15) is 12.0 Å². The number of aryl methyl sites for hydroxylation is 2. The molecule has 0 aliphatic rings. The Labute approximate surface area is 163 Å². The average molecular weight is 403 g/mol. The number of hydrogen-bond acceptors (Lipinski definition) is 6. The second-order valence-corrected chi connectivity index (χ2v) is 6.26. The SMILES string of the molecule is Cc1cc(Nc2nccc(C(F)(F)F)n2)cc(-c2cc(CCC(=O)O)ncn2)c1. The molecule has 0 saturated heterocycles. The highest BCUT2D eigenvalue weighted by atomic mass is 19.4. The van der Waals surface area contributed by atoms with Gasteiger partial charge in [0.25, 0.3) is 0 Å². The molecular weight excluding hydrogens is 387 g/mol. The van der Waals surface area contributed by atoms with E-state index in [0.29, 0.717) is 22.6 Å². The largest absolute Gasteiger partial charge is 0.481 e. The van der Waals surface area contributed by atoms with Crippen molar-refractivity contribution in [1.82, 2.24) is 19.9 Å². The molecule has 0 aliphatic heterocycles. The topological polar surface area (TPSA) is 101 Å². The minimum absolute atomic E-state index is 0.0516. The molecule has 3 aromatic rings. The van der Waals surface area contributed by atoms with Gasteiger partial charge in [-0.25, -0.2) is 19.9 Å². The lowest BCUT2D eigenvalue weighted by Gasteiger charge is -2.11. The van der Waals surface area contributed by atoms with E-state index in [1.165, 1.54) is 6.33 Å². The molecule has 2 N–H and O–H groups in total. The number of carboxylic acids is 1. The van der Waals surface area contributed by atoms with Crippen molar-refractivity contribution in [2.75, 3.05) is 5.32 Å². The Balaban J connectivity index is 1.87. The van der Waals surface area contributed by atoms with Crippen LogP contribution in [0, 0.1) is 6.92 Å². The molecule has 0 amide bonds. The van der Waals surface area contributed by atoms with Gasteiger partial charge in [0.05, 0.1) is 12.1 Å². The smallest absolute Gasteiger partial charge is 0.433 e. The second-order valence-electron chi connectivity index (χ2n) is 6.26. The summed E-state index contributed by atoms with van der Waals surface area (Å²) in [5, 5.41) is 11.6. The summed E-state index contributed by atoms with van der Waals surface area (Å²) in [5.41, 5.74) is 2.12. The summed E-state index contributed by atoms with van der Waals surface area (Å²) in [4.78, 5) is 26.3. The molecule has 0 fully saturated rings. The lowest BCUT2D eigenvalue weighted by molar-refractivity contribution is -0.141. The van der Waals surface area contributed by atoms with Crippen LogP contribution in [-0.2, 0) is 17.4 Å². The van der Waals surface area contributed by atoms with E-state index >= 15 is 0 Å². The third-order valence-corrected chi connectivity index (χ3v) is 3.89. The third-order valence-electron chi connectivity index (χ3n) is 3.89. The van der Waals surface area contributed by atoms with Gasteiger partial charge in [-0.15, -0.1) is 0 Å². The Bertz CT molecular complexity index is 1040. The van der Waals surface area contributed by atoms with Crippen LogP contribution in [0.15, 0.2) is 42.9 Å². The van der Waals surface area contributed by atoms with Crippen molar-refractivity contribution >= 4 is 17.6 Å². The van der Waals surface area contributed by atoms with Gasteiger partial charge in [-0.3, -0.25) is 4.79 Å². The van der Waals surface area contributed by atoms with Gasteiger partial charge in [-0.1, -0.05) is 0 Å². The molecule has 150 valence electrons. The lowest BCUT2D eigenvalue weighted by atomic mass is 10.1. The quantitative estimate of drug-likeness (QED) is 0.641. The first-order chi connectivity index (χ1) is 13.7. The van der Waals surface area contributed by atoms with Crippen molar-refractivity contribution in [2.24, 2.45) is 0 Å². The van der Waals surface area contributed by atoms with Crippen molar-refractivity contribution in [2.45, 2.75) is 25.9 Å². The lowest BCUT2D eigenvalue weighted by Crippen LogP contribution is -2.10. The zero-order valence-electron chi connectivity index (χ0n) is 15.2. The number of hydrogen-bond donors (Lipinski definition) is 2. The minimum Gasteiger partial charge on any atom is -0.481 e. The van der Waals surface area contributed by atoms with Gasteiger partial charge < -0.3 is 10.4 Å². The van der Waals surface area contributed by atoms with Crippen LogP contribution in [0.5, 0.6) is 0 Å². The minimum atomic E-state index is -4.57. The van der Waals surface area contributed by atoms with Gasteiger partial charge in [-0.2, -0.15) is 13.2 Å². The maximum atomic E-state index is 12.8. The molecule has 0 radical (unpaired) electrons. The predicted octanol–water partition coefficient (Wildman–Crippen LogP) is 4.02. The average Bonchev–Trinajstić information content (AvgIpc) is 2.66. The number of rotatable bonds is 6. The molecule has 2 heterocycles. The Morgan fingerprint density at radius 3 is 2.66 bits per heavy atom. The van der Waals surface area contributed by atoms with Crippen molar-refractivity contribution < 1.29 is 23.1 Å². The highest BCUT2D eigenvalue weighted by molar-refractivity contribution is 5.69. The first-order valence-corrected chi connectivity index (χ1v) is 8.53. The van der Waals surface area contributed by atoms with E-state index < -0.39 is 17.8 Å². The summed E-state index contributed by atoms with van der Waals surface area (Å²) in [6, 6.07) is 7.76. The first kappa shape index (κ1) is 20.2. The molecule has 0 spiro atoms. The molecule has 0 atom stereocenters. The van der Waals surface area contributed by atoms with Gasteiger partial charge in [0.15, 0.2) is 0 Å². The van der Waals surface area contributed by atoms with Crippen molar-refractivity contribution in [3.63, 3.8) is 0 Å². The third kappa shape index (κ3) is 5.47. The molecular formula is C19H16F3N5O2. The number of nitrogens with zero attached hydrogens (tertiary/aromatic N) is 4. The van der Waals surface area contributed by atoms with Crippen LogP contribution in [-0.4, -0.2) is 31.0 Å². The molecule has 0 bridgehead atoms. The summed E-state index contributed by atoms with van der Waals surface area (Å²) in [6.07, 6.45) is -1.97. The summed E-state index contributed by atoms with van der Waals surface area (Å²) in [7, 11) is 0.